The summed E-state index contributed by atoms with van der Waals surface area (Å²) >= 11 is 1.49. The Morgan fingerprint density at radius 3 is 2.53 bits per heavy atom. The summed E-state index contributed by atoms with van der Waals surface area (Å²) < 4.78 is 1.06. The molecule has 0 atom stereocenters. The van der Waals surface area contributed by atoms with Gasteiger partial charge in [0.2, 0.25) is 0 Å². The second-order valence-electron chi connectivity index (χ2n) is 4.26. The van der Waals surface area contributed by atoms with E-state index in [9.17, 15) is 5.11 Å². The molecule has 3 rings (SSSR count). The van der Waals surface area contributed by atoms with Crippen LogP contribution in [0.4, 0.5) is 0 Å². The Balaban J connectivity index is 2.30. The summed E-state index contributed by atoms with van der Waals surface area (Å²) in [5.74, 6) is 0.329. The van der Waals surface area contributed by atoms with Crippen molar-refractivity contribution in [1.82, 2.24) is 0 Å². The van der Waals surface area contributed by atoms with Gasteiger partial charge in [0, 0.05) is 15.6 Å². The summed E-state index contributed by atoms with van der Waals surface area (Å²) in [6.45, 7) is 0. The number of nitrogens with one attached hydrogen (secondary N) is 1. The lowest BCUT2D eigenvalue weighted by molar-refractivity contribution is 0.477. The molecule has 19 heavy (non-hydrogen) atoms. The SMILES string of the molecule is N=C(N)c1cc2c(-c3ccccc3O)cccc2s1. The zero-order chi connectivity index (χ0) is 13.4. The average molecular weight is 268 g/mol. The number of amidine groups is 1. The summed E-state index contributed by atoms with van der Waals surface area (Å²) in [4.78, 5) is 0.748. The molecule has 0 aliphatic heterocycles. The van der Waals surface area contributed by atoms with Crippen molar-refractivity contribution in [2.75, 3.05) is 0 Å². The van der Waals surface area contributed by atoms with E-state index >= 15 is 0 Å². The Bertz CT molecular complexity index is 777. The molecule has 0 unspecified atom stereocenters. The number of fused-ring (bicyclic) bond motifs is 1. The number of phenols is 1. The van der Waals surface area contributed by atoms with Crippen LogP contribution in [-0.4, -0.2) is 10.9 Å². The van der Waals surface area contributed by atoms with Crippen LogP contribution in [0.1, 0.15) is 4.88 Å². The van der Waals surface area contributed by atoms with Gasteiger partial charge in [0.25, 0.3) is 0 Å². The summed E-state index contributed by atoms with van der Waals surface area (Å²) in [7, 11) is 0. The van der Waals surface area contributed by atoms with Crippen LogP contribution in [0.5, 0.6) is 5.75 Å². The van der Waals surface area contributed by atoms with Crippen LogP contribution in [0.2, 0.25) is 0 Å². The lowest BCUT2D eigenvalue weighted by atomic mass is 10.0. The van der Waals surface area contributed by atoms with Crippen molar-refractivity contribution in [3.05, 3.63) is 53.4 Å². The molecule has 0 saturated heterocycles. The number of phenolic OH excluding ortho intramolecular Hbond substituents is 1. The number of aromatic hydroxyl groups is 1. The van der Waals surface area contributed by atoms with Crippen molar-refractivity contribution in [2.45, 2.75) is 0 Å². The molecule has 0 aliphatic carbocycles. The van der Waals surface area contributed by atoms with Crippen molar-refractivity contribution in [1.29, 1.82) is 5.41 Å². The lowest BCUT2D eigenvalue weighted by Gasteiger charge is -2.05. The van der Waals surface area contributed by atoms with Crippen LogP contribution < -0.4 is 5.73 Å². The second kappa shape index (κ2) is 4.40. The van der Waals surface area contributed by atoms with Crippen molar-refractivity contribution in [3.8, 4) is 16.9 Å². The largest absolute Gasteiger partial charge is 0.507 e. The van der Waals surface area contributed by atoms with Crippen LogP contribution >= 0.6 is 11.3 Å². The molecule has 2 aromatic carbocycles. The Labute approximate surface area is 114 Å². The molecule has 1 heterocycles. The van der Waals surface area contributed by atoms with Gasteiger partial charge in [-0.1, -0.05) is 30.3 Å². The zero-order valence-electron chi connectivity index (χ0n) is 10.1. The van der Waals surface area contributed by atoms with Crippen molar-refractivity contribution >= 4 is 27.3 Å². The number of hydrogen-bond acceptors (Lipinski definition) is 3. The summed E-state index contributed by atoms with van der Waals surface area (Å²) in [6.07, 6.45) is 0. The molecule has 94 valence electrons. The first-order chi connectivity index (χ1) is 9.16. The van der Waals surface area contributed by atoms with Gasteiger partial charge in [-0.15, -0.1) is 11.3 Å². The van der Waals surface area contributed by atoms with Gasteiger partial charge < -0.3 is 10.8 Å². The maximum absolute atomic E-state index is 9.98. The first kappa shape index (κ1) is 11.7. The van der Waals surface area contributed by atoms with Gasteiger partial charge in [0.1, 0.15) is 11.6 Å². The van der Waals surface area contributed by atoms with E-state index in [4.69, 9.17) is 11.1 Å². The number of nitrogen functional groups attached to an aromatic ring is 1. The quantitative estimate of drug-likeness (QED) is 0.491. The van der Waals surface area contributed by atoms with Gasteiger partial charge >= 0.3 is 0 Å². The van der Waals surface area contributed by atoms with E-state index in [-0.39, 0.29) is 11.6 Å². The van der Waals surface area contributed by atoms with Crippen LogP contribution in [0.3, 0.4) is 0 Å². The molecular formula is C15H12N2OS. The minimum atomic E-state index is 0.0735. The minimum Gasteiger partial charge on any atom is -0.507 e. The van der Waals surface area contributed by atoms with Gasteiger partial charge in [-0.25, -0.2) is 0 Å². The Kier molecular flexibility index (Phi) is 2.72. The molecule has 1 aromatic heterocycles. The van der Waals surface area contributed by atoms with E-state index in [1.54, 1.807) is 12.1 Å². The summed E-state index contributed by atoms with van der Waals surface area (Å²) in [5.41, 5.74) is 7.29. The number of benzene rings is 2. The normalized spacial score (nSPS) is 10.7. The molecule has 3 nitrogen and oxygen atoms in total. The maximum atomic E-state index is 9.98. The molecule has 0 fully saturated rings. The molecule has 0 bridgehead atoms. The molecule has 0 saturated carbocycles. The van der Waals surface area contributed by atoms with Crippen LogP contribution in [0.15, 0.2) is 48.5 Å². The third-order valence-corrected chi connectivity index (χ3v) is 4.15. The molecule has 4 N–H and O–H groups in total. The predicted molar refractivity (Wildman–Crippen MR) is 79.9 cm³/mol. The minimum absolute atomic E-state index is 0.0735. The Hall–Kier alpha value is -2.33. The smallest absolute Gasteiger partial charge is 0.133 e. The van der Waals surface area contributed by atoms with Crippen molar-refractivity contribution < 1.29 is 5.11 Å². The van der Waals surface area contributed by atoms with Gasteiger partial charge in [0.15, 0.2) is 0 Å². The van der Waals surface area contributed by atoms with E-state index in [2.05, 4.69) is 0 Å². The number of nitrogens with two attached hydrogens (primary N) is 1. The molecular weight excluding hydrogens is 256 g/mol. The van der Waals surface area contributed by atoms with Gasteiger partial charge in [-0.3, -0.25) is 5.41 Å². The Morgan fingerprint density at radius 2 is 1.79 bits per heavy atom. The highest BCUT2D eigenvalue weighted by molar-refractivity contribution is 7.20. The lowest BCUT2D eigenvalue weighted by Crippen LogP contribution is -2.08. The van der Waals surface area contributed by atoms with Crippen LogP contribution in [0.25, 0.3) is 21.2 Å². The Morgan fingerprint density at radius 1 is 1.05 bits per heavy atom. The highest BCUT2D eigenvalue weighted by Crippen LogP contribution is 2.37. The van der Waals surface area contributed by atoms with Crippen LogP contribution in [0, 0.1) is 5.41 Å². The standard InChI is InChI=1S/C15H12N2OS/c16-15(17)14-8-11-9(5-3-7-13(11)19-14)10-4-1-2-6-12(10)18/h1-8,18H,(H3,16,17). The highest BCUT2D eigenvalue weighted by atomic mass is 32.1. The van der Waals surface area contributed by atoms with E-state index < -0.39 is 0 Å². The monoisotopic (exact) mass is 268 g/mol. The van der Waals surface area contributed by atoms with Crippen LogP contribution in [-0.2, 0) is 0 Å². The first-order valence-corrected chi connectivity index (χ1v) is 6.64. The number of rotatable bonds is 2. The molecule has 3 aromatic rings. The average Bonchev–Trinajstić information content (AvgIpc) is 2.83. The van der Waals surface area contributed by atoms with E-state index in [1.807, 2.05) is 36.4 Å². The fourth-order valence-corrected chi connectivity index (χ4v) is 3.08. The molecule has 0 amide bonds. The van der Waals surface area contributed by atoms with E-state index in [1.165, 1.54) is 11.3 Å². The van der Waals surface area contributed by atoms with Gasteiger partial charge in [-0.05, 0) is 23.8 Å². The zero-order valence-corrected chi connectivity index (χ0v) is 10.9. The number of thiophene rings is 1. The van der Waals surface area contributed by atoms with Gasteiger partial charge in [0.05, 0.1) is 4.88 Å². The summed E-state index contributed by atoms with van der Waals surface area (Å²) in [5, 5.41) is 18.5. The number of para-hydroxylation sites is 1. The maximum Gasteiger partial charge on any atom is 0.133 e. The fourth-order valence-electron chi connectivity index (χ4n) is 2.13. The fraction of sp³-hybridized carbons (Fsp3) is 0. The molecule has 4 heteroatoms. The molecule has 0 spiro atoms. The van der Waals surface area contributed by atoms with Crippen molar-refractivity contribution in [3.63, 3.8) is 0 Å². The van der Waals surface area contributed by atoms with E-state index in [0.29, 0.717) is 0 Å². The predicted octanol–water partition coefficient (Wildman–Crippen LogP) is 3.56. The van der Waals surface area contributed by atoms with E-state index in [0.717, 1.165) is 26.1 Å². The molecule has 0 aliphatic rings. The summed E-state index contributed by atoms with van der Waals surface area (Å²) in [6, 6.07) is 15.1. The number of hydrogen-bond donors (Lipinski definition) is 3. The second-order valence-corrected chi connectivity index (χ2v) is 5.34. The first-order valence-electron chi connectivity index (χ1n) is 5.82. The highest BCUT2D eigenvalue weighted by Gasteiger charge is 2.11. The van der Waals surface area contributed by atoms with Gasteiger partial charge in [-0.2, -0.15) is 0 Å². The topological polar surface area (TPSA) is 70.1 Å². The van der Waals surface area contributed by atoms with Crippen molar-refractivity contribution in [2.24, 2.45) is 5.73 Å². The molecule has 0 radical (unpaired) electrons. The third kappa shape index (κ3) is 1.96. The third-order valence-electron chi connectivity index (χ3n) is 3.02.